The molecule has 0 radical (unpaired) electrons. The summed E-state index contributed by atoms with van der Waals surface area (Å²) in [5.41, 5.74) is 1.30. The Balaban J connectivity index is 1.64. The number of hydrogen-bond acceptors (Lipinski definition) is 5. The number of ether oxygens (including phenoxy) is 2. The first-order valence-electron chi connectivity index (χ1n) is 8.62. The lowest BCUT2D eigenvalue weighted by atomic mass is 10.2. The second-order valence-corrected chi connectivity index (χ2v) is 7.98. The predicted octanol–water partition coefficient (Wildman–Crippen LogP) is 2.45. The number of aryl methyl sites for hydroxylation is 1. The summed E-state index contributed by atoms with van der Waals surface area (Å²) in [5.74, 6) is 0.304. The van der Waals surface area contributed by atoms with Crippen molar-refractivity contribution in [2.45, 2.75) is 30.8 Å². The molecule has 0 bridgehead atoms. The molecule has 0 aromatic heterocycles. The Kier molecular flexibility index (Phi) is 5.79. The van der Waals surface area contributed by atoms with Crippen LogP contribution in [-0.4, -0.2) is 33.6 Å². The maximum absolute atomic E-state index is 12.4. The second kappa shape index (κ2) is 8.08. The predicted molar refractivity (Wildman–Crippen MR) is 101 cm³/mol. The normalized spacial score (nSPS) is 16.9. The molecule has 1 heterocycles. The standard InChI is InChI=1S/C19H22N2O5S/c1-13-4-7-15(11-18(13)27(20,23)24)21-19(22)14-5-8-16(9-6-14)26-12-17-3-2-10-25-17/h4-9,11,17H,2-3,10,12H2,1H3,(H,21,22)(H2,20,23,24)/t17-/m1/s1. The van der Waals surface area contributed by atoms with Gasteiger partial charge in [0.2, 0.25) is 10.0 Å². The van der Waals surface area contributed by atoms with E-state index < -0.39 is 10.0 Å². The van der Waals surface area contributed by atoms with Crippen LogP contribution in [0.25, 0.3) is 0 Å². The van der Waals surface area contributed by atoms with Gasteiger partial charge in [-0.3, -0.25) is 4.79 Å². The number of hydrogen-bond donors (Lipinski definition) is 2. The van der Waals surface area contributed by atoms with Gasteiger partial charge in [-0.05, 0) is 61.7 Å². The molecule has 1 saturated heterocycles. The topological polar surface area (TPSA) is 108 Å². The van der Waals surface area contributed by atoms with Gasteiger partial charge in [-0.25, -0.2) is 13.6 Å². The van der Waals surface area contributed by atoms with E-state index in [4.69, 9.17) is 14.6 Å². The van der Waals surface area contributed by atoms with Crippen LogP contribution in [0.5, 0.6) is 5.75 Å². The van der Waals surface area contributed by atoms with Gasteiger partial charge in [-0.1, -0.05) is 6.07 Å². The summed E-state index contributed by atoms with van der Waals surface area (Å²) in [7, 11) is -3.85. The van der Waals surface area contributed by atoms with Gasteiger partial charge in [0.25, 0.3) is 5.91 Å². The van der Waals surface area contributed by atoms with Gasteiger partial charge < -0.3 is 14.8 Å². The largest absolute Gasteiger partial charge is 0.491 e. The van der Waals surface area contributed by atoms with Crippen LogP contribution in [0, 0.1) is 6.92 Å². The lowest BCUT2D eigenvalue weighted by Crippen LogP contribution is -2.17. The third kappa shape index (κ3) is 5.06. The van der Waals surface area contributed by atoms with E-state index in [2.05, 4.69) is 5.32 Å². The summed E-state index contributed by atoms with van der Waals surface area (Å²) in [5, 5.41) is 7.87. The average molecular weight is 390 g/mol. The van der Waals surface area contributed by atoms with E-state index in [0.29, 0.717) is 29.2 Å². The molecule has 2 aromatic rings. The summed E-state index contributed by atoms with van der Waals surface area (Å²) < 4.78 is 34.4. The van der Waals surface area contributed by atoms with Gasteiger partial charge >= 0.3 is 0 Å². The zero-order valence-electron chi connectivity index (χ0n) is 15.0. The van der Waals surface area contributed by atoms with Crippen molar-refractivity contribution in [3.05, 3.63) is 53.6 Å². The van der Waals surface area contributed by atoms with Crippen molar-refractivity contribution >= 4 is 21.6 Å². The van der Waals surface area contributed by atoms with Gasteiger partial charge in [-0.2, -0.15) is 0 Å². The Morgan fingerprint density at radius 1 is 1.26 bits per heavy atom. The van der Waals surface area contributed by atoms with Crippen molar-refractivity contribution in [1.82, 2.24) is 0 Å². The molecule has 1 amide bonds. The summed E-state index contributed by atoms with van der Waals surface area (Å²) in [6.07, 6.45) is 2.18. The van der Waals surface area contributed by atoms with Crippen LogP contribution in [-0.2, 0) is 14.8 Å². The Hall–Kier alpha value is -2.42. The highest BCUT2D eigenvalue weighted by molar-refractivity contribution is 7.89. The van der Waals surface area contributed by atoms with E-state index >= 15 is 0 Å². The Bertz CT molecular complexity index is 920. The molecular weight excluding hydrogens is 368 g/mol. The van der Waals surface area contributed by atoms with Crippen LogP contribution in [0.15, 0.2) is 47.4 Å². The maximum Gasteiger partial charge on any atom is 0.255 e. The van der Waals surface area contributed by atoms with Crippen molar-refractivity contribution in [2.75, 3.05) is 18.5 Å². The first kappa shape index (κ1) is 19.3. The minimum Gasteiger partial charge on any atom is -0.491 e. The fourth-order valence-electron chi connectivity index (χ4n) is 2.86. The molecule has 144 valence electrons. The number of anilines is 1. The van der Waals surface area contributed by atoms with Crippen LogP contribution < -0.4 is 15.2 Å². The van der Waals surface area contributed by atoms with E-state index in [9.17, 15) is 13.2 Å². The number of nitrogens with two attached hydrogens (primary N) is 1. The molecule has 1 aliphatic heterocycles. The minimum atomic E-state index is -3.85. The third-order valence-corrected chi connectivity index (χ3v) is 5.38. The van der Waals surface area contributed by atoms with Crippen LogP contribution in [0.1, 0.15) is 28.8 Å². The summed E-state index contributed by atoms with van der Waals surface area (Å²) in [6, 6.07) is 11.3. The zero-order chi connectivity index (χ0) is 19.4. The molecule has 3 rings (SSSR count). The number of primary sulfonamides is 1. The van der Waals surface area contributed by atoms with Gasteiger partial charge in [-0.15, -0.1) is 0 Å². The quantitative estimate of drug-likeness (QED) is 0.788. The van der Waals surface area contributed by atoms with Crippen molar-refractivity contribution in [1.29, 1.82) is 0 Å². The lowest BCUT2D eigenvalue weighted by molar-refractivity contribution is 0.0679. The van der Waals surface area contributed by atoms with E-state index in [1.165, 1.54) is 6.07 Å². The highest BCUT2D eigenvalue weighted by Crippen LogP contribution is 2.21. The van der Waals surface area contributed by atoms with Crippen LogP contribution in [0.2, 0.25) is 0 Å². The van der Waals surface area contributed by atoms with Crippen LogP contribution in [0.3, 0.4) is 0 Å². The third-order valence-electron chi connectivity index (χ3n) is 4.33. The van der Waals surface area contributed by atoms with E-state index in [0.717, 1.165) is 19.4 Å². The monoisotopic (exact) mass is 390 g/mol. The first-order valence-corrected chi connectivity index (χ1v) is 10.2. The number of sulfonamides is 1. The fraction of sp³-hybridized carbons (Fsp3) is 0.316. The summed E-state index contributed by atoms with van der Waals surface area (Å²) >= 11 is 0. The number of carbonyl (C=O) groups is 1. The number of carbonyl (C=O) groups excluding carboxylic acids is 1. The molecule has 7 nitrogen and oxygen atoms in total. The van der Waals surface area contributed by atoms with Crippen molar-refractivity contribution in [3.63, 3.8) is 0 Å². The Morgan fingerprint density at radius 2 is 2.00 bits per heavy atom. The number of amides is 1. The van der Waals surface area contributed by atoms with Crippen LogP contribution >= 0.6 is 0 Å². The second-order valence-electron chi connectivity index (χ2n) is 6.45. The van der Waals surface area contributed by atoms with E-state index in [-0.39, 0.29) is 16.9 Å². The number of rotatable bonds is 6. The lowest BCUT2D eigenvalue weighted by Gasteiger charge is -2.12. The number of benzene rings is 2. The maximum atomic E-state index is 12.4. The van der Waals surface area contributed by atoms with Gasteiger partial charge in [0, 0.05) is 17.9 Å². The molecule has 0 unspecified atom stereocenters. The van der Waals surface area contributed by atoms with Crippen LogP contribution in [0.4, 0.5) is 5.69 Å². The Labute approximate surface area is 158 Å². The van der Waals surface area contributed by atoms with Gasteiger partial charge in [0.15, 0.2) is 0 Å². The highest BCUT2D eigenvalue weighted by Gasteiger charge is 2.16. The van der Waals surface area contributed by atoms with Crippen molar-refractivity contribution < 1.29 is 22.7 Å². The average Bonchev–Trinajstić information content (AvgIpc) is 3.14. The molecule has 1 aliphatic rings. The van der Waals surface area contributed by atoms with Crippen molar-refractivity contribution in [3.8, 4) is 5.75 Å². The summed E-state index contributed by atoms with van der Waals surface area (Å²) in [6.45, 7) is 2.91. The van der Waals surface area contributed by atoms with Gasteiger partial charge in [0.05, 0.1) is 11.0 Å². The van der Waals surface area contributed by atoms with E-state index in [1.54, 1.807) is 43.3 Å². The smallest absolute Gasteiger partial charge is 0.255 e. The zero-order valence-corrected chi connectivity index (χ0v) is 15.8. The molecule has 0 saturated carbocycles. The van der Waals surface area contributed by atoms with Gasteiger partial charge in [0.1, 0.15) is 12.4 Å². The molecule has 27 heavy (non-hydrogen) atoms. The molecular formula is C19H22N2O5S. The summed E-state index contributed by atoms with van der Waals surface area (Å²) in [4.78, 5) is 12.4. The first-order chi connectivity index (χ1) is 12.8. The highest BCUT2D eigenvalue weighted by atomic mass is 32.2. The molecule has 8 heteroatoms. The minimum absolute atomic E-state index is 0.0156. The Morgan fingerprint density at radius 3 is 2.63 bits per heavy atom. The fourth-order valence-corrected chi connectivity index (χ4v) is 3.66. The molecule has 1 fully saturated rings. The molecule has 0 spiro atoms. The van der Waals surface area contributed by atoms with Crippen molar-refractivity contribution in [2.24, 2.45) is 5.14 Å². The molecule has 1 atom stereocenters. The molecule has 0 aliphatic carbocycles. The SMILES string of the molecule is Cc1ccc(NC(=O)c2ccc(OC[C@H]3CCCO3)cc2)cc1S(N)(=O)=O. The number of nitrogens with one attached hydrogen (secondary N) is 1. The molecule has 2 aromatic carbocycles. The van der Waals surface area contributed by atoms with E-state index in [1.807, 2.05) is 0 Å². The molecule has 3 N–H and O–H groups in total.